The minimum atomic E-state index is -0.816. The number of nitrogens with zero attached hydrogens (tertiary/aromatic N) is 1. The molecule has 1 fully saturated rings. The van der Waals surface area contributed by atoms with Crippen molar-refractivity contribution in [3.8, 4) is 0 Å². The highest BCUT2D eigenvalue weighted by Crippen LogP contribution is 2.51. The maximum Gasteiger partial charge on any atom is 0.336 e. The molecule has 20 heavy (non-hydrogen) atoms. The second-order valence-electron chi connectivity index (χ2n) is 6.31. The van der Waals surface area contributed by atoms with E-state index in [0.29, 0.717) is 11.0 Å². The van der Waals surface area contributed by atoms with Crippen molar-refractivity contribution in [2.75, 3.05) is 20.1 Å². The van der Waals surface area contributed by atoms with E-state index < -0.39 is 5.97 Å². The Labute approximate surface area is 119 Å². The van der Waals surface area contributed by atoms with E-state index in [4.69, 9.17) is 0 Å². The lowest BCUT2D eigenvalue weighted by atomic mass is 9.63. The Kier molecular flexibility index (Phi) is 3.17. The number of carbonyl (C=O) groups is 1. The van der Waals surface area contributed by atoms with Crippen LogP contribution in [-0.4, -0.2) is 36.1 Å². The highest BCUT2D eigenvalue weighted by molar-refractivity contribution is 5.96. The van der Waals surface area contributed by atoms with Crippen LogP contribution in [0.3, 0.4) is 0 Å². The Hall–Kier alpha value is -1.61. The molecule has 0 radical (unpaired) electrons. The Balaban J connectivity index is 1.90. The standard InChI is InChI=1S/C17H21NO2/c1-12-4-3-5-14(15(12)16(19)20)13-10-17(11-13)6-8-18(2)9-7-17/h3-5,10H,6-9,11H2,1-2H3,(H,19,20). The van der Waals surface area contributed by atoms with Crippen molar-refractivity contribution in [1.29, 1.82) is 0 Å². The summed E-state index contributed by atoms with van der Waals surface area (Å²) in [5.41, 5.74) is 3.79. The number of benzene rings is 1. The Morgan fingerprint density at radius 2 is 1.95 bits per heavy atom. The van der Waals surface area contributed by atoms with Gasteiger partial charge in [-0.25, -0.2) is 4.79 Å². The maximum atomic E-state index is 11.5. The molecule has 1 aliphatic heterocycles. The summed E-state index contributed by atoms with van der Waals surface area (Å²) in [6.45, 7) is 4.16. The molecule has 0 amide bonds. The fraction of sp³-hybridized carbons (Fsp3) is 0.471. The number of piperidine rings is 1. The van der Waals surface area contributed by atoms with Gasteiger partial charge in [0.1, 0.15) is 0 Å². The zero-order valence-corrected chi connectivity index (χ0v) is 12.1. The molecule has 1 aromatic carbocycles. The zero-order valence-electron chi connectivity index (χ0n) is 12.1. The van der Waals surface area contributed by atoms with Crippen molar-refractivity contribution in [1.82, 2.24) is 4.90 Å². The lowest BCUT2D eigenvalue weighted by Gasteiger charge is -2.45. The number of carboxylic acid groups (broad SMARTS) is 1. The number of hydrogen-bond donors (Lipinski definition) is 1. The van der Waals surface area contributed by atoms with Gasteiger partial charge >= 0.3 is 5.97 Å². The number of carboxylic acids is 1. The quantitative estimate of drug-likeness (QED) is 0.898. The summed E-state index contributed by atoms with van der Waals surface area (Å²) >= 11 is 0. The largest absolute Gasteiger partial charge is 0.478 e. The average Bonchev–Trinajstić information content (AvgIpc) is 2.36. The van der Waals surface area contributed by atoms with Crippen LogP contribution in [0.5, 0.6) is 0 Å². The summed E-state index contributed by atoms with van der Waals surface area (Å²) in [6, 6.07) is 5.78. The maximum absolute atomic E-state index is 11.5. The third-order valence-corrected chi connectivity index (χ3v) is 4.84. The molecule has 0 aromatic heterocycles. The summed E-state index contributed by atoms with van der Waals surface area (Å²) in [6.07, 6.45) is 5.76. The Morgan fingerprint density at radius 1 is 1.30 bits per heavy atom. The molecule has 1 aliphatic carbocycles. The normalized spacial score (nSPS) is 21.4. The van der Waals surface area contributed by atoms with Crippen LogP contribution in [0.1, 0.15) is 40.7 Å². The molecule has 1 aromatic rings. The third kappa shape index (κ3) is 2.16. The molecule has 0 saturated carbocycles. The number of likely N-dealkylation sites (tertiary alicyclic amines) is 1. The van der Waals surface area contributed by atoms with E-state index >= 15 is 0 Å². The molecule has 1 saturated heterocycles. The molecular weight excluding hydrogens is 250 g/mol. The van der Waals surface area contributed by atoms with Gasteiger partial charge in [0.05, 0.1) is 5.56 Å². The van der Waals surface area contributed by atoms with Gasteiger partial charge in [-0.3, -0.25) is 0 Å². The fourth-order valence-corrected chi connectivity index (χ4v) is 3.50. The molecule has 0 unspecified atom stereocenters. The first kappa shape index (κ1) is 13.4. The second-order valence-corrected chi connectivity index (χ2v) is 6.31. The number of aromatic carboxylic acids is 1. The number of hydrogen-bond acceptors (Lipinski definition) is 2. The smallest absolute Gasteiger partial charge is 0.336 e. The van der Waals surface area contributed by atoms with Crippen molar-refractivity contribution < 1.29 is 9.90 Å². The van der Waals surface area contributed by atoms with E-state index in [0.717, 1.165) is 30.6 Å². The van der Waals surface area contributed by atoms with Crippen LogP contribution >= 0.6 is 0 Å². The SMILES string of the molecule is Cc1cccc(C2=CC3(CCN(C)CC3)C2)c1C(=O)O. The van der Waals surface area contributed by atoms with Crippen molar-refractivity contribution in [2.45, 2.75) is 26.2 Å². The highest BCUT2D eigenvalue weighted by Gasteiger charge is 2.40. The van der Waals surface area contributed by atoms with E-state index in [1.165, 1.54) is 18.4 Å². The van der Waals surface area contributed by atoms with Crippen molar-refractivity contribution >= 4 is 11.5 Å². The molecule has 1 N–H and O–H groups in total. The monoisotopic (exact) mass is 271 g/mol. The highest BCUT2D eigenvalue weighted by atomic mass is 16.4. The summed E-state index contributed by atoms with van der Waals surface area (Å²) in [5.74, 6) is -0.816. The van der Waals surface area contributed by atoms with Gasteiger partial charge < -0.3 is 10.0 Å². The molecular formula is C17H21NO2. The lowest BCUT2D eigenvalue weighted by molar-refractivity contribution is 0.0695. The first-order valence-electron chi connectivity index (χ1n) is 7.24. The van der Waals surface area contributed by atoms with Crippen LogP contribution in [0.4, 0.5) is 0 Å². The van der Waals surface area contributed by atoms with Gasteiger partial charge in [0, 0.05) is 0 Å². The van der Waals surface area contributed by atoms with E-state index in [1.807, 2.05) is 25.1 Å². The topological polar surface area (TPSA) is 40.5 Å². The van der Waals surface area contributed by atoms with Crippen LogP contribution < -0.4 is 0 Å². The van der Waals surface area contributed by atoms with Gasteiger partial charge in [-0.15, -0.1) is 0 Å². The molecule has 3 rings (SSSR count). The minimum absolute atomic E-state index is 0.335. The number of allylic oxidation sites excluding steroid dienone is 2. The first-order chi connectivity index (χ1) is 9.51. The van der Waals surface area contributed by atoms with Crippen molar-refractivity contribution in [3.63, 3.8) is 0 Å². The summed E-state index contributed by atoms with van der Waals surface area (Å²) in [4.78, 5) is 13.8. The van der Waals surface area contributed by atoms with E-state index in [1.54, 1.807) is 0 Å². The number of rotatable bonds is 2. The van der Waals surface area contributed by atoms with Crippen molar-refractivity contribution in [2.24, 2.45) is 5.41 Å². The molecule has 106 valence electrons. The summed E-state index contributed by atoms with van der Waals surface area (Å²) < 4.78 is 0. The van der Waals surface area contributed by atoms with Gasteiger partial charge in [-0.1, -0.05) is 24.3 Å². The average molecular weight is 271 g/mol. The number of aryl methyl sites for hydroxylation is 1. The first-order valence-corrected chi connectivity index (χ1v) is 7.24. The van der Waals surface area contributed by atoms with Gasteiger partial charge in [-0.2, -0.15) is 0 Å². The van der Waals surface area contributed by atoms with Gasteiger partial charge in [0.2, 0.25) is 0 Å². The van der Waals surface area contributed by atoms with Crippen LogP contribution in [-0.2, 0) is 0 Å². The predicted octanol–water partition coefficient (Wildman–Crippen LogP) is 3.19. The third-order valence-electron chi connectivity index (χ3n) is 4.84. The molecule has 3 nitrogen and oxygen atoms in total. The lowest BCUT2D eigenvalue weighted by Crippen LogP contribution is -2.40. The Bertz CT molecular complexity index is 581. The molecule has 0 bridgehead atoms. The van der Waals surface area contributed by atoms with Gasteiger partial charge in [0.15, 0.2) is 0 Å². The van der Waals surface area contributed by atoms with Crippen LogP contribution in [0.25, 0.3) is 5.57 Å². The molecule has 2 aliphatic rings. The van der Waals surface area contributed by atoms with E-state index in [2.05, 4.69) is 18.0 Å². The van der Waals surface area contributed by atoms with Gasteiger partial charge in [-0.05, 0) is 68.4 Å². The predicted molar refractivity (Wildman–Crippen MR) is 79.9 cm³/mol. The van der Waals surface area contributed by atoms with E-state index in [-0.39, 0.29) is 0 Å². The Morgan fingerprint density at radius 3 is 2.55 bits per heavy atom. The van der Waals surface area contributed by atoms with Crippen LogP contribution in [0, 0.1) is 12.3 Å². The second kappa shape index (κ2) is 4.74. The summed E-state index contributed by atoms with van der Waals surface area (Å²) in [7, 11) is 2.17. The molecule has 3 heteroatoms. The van der Waals surface area contributed by atoms with Gasteiger partial charge in [0.25, 0.3) is 0 Å². The van der Waals surface area contributed by atoms with Crippen LogP contribution in [0.2, 0.25) is 0 Å². The molecule has 1 heterocycles. The van der Waals surface area contributed by atoms with Crippen LogP contribution in [0.15, 0.2) is 24.3 Å². The fourth-order valence-electron chi connectivity index (χ4n) is 3.50. The summed E-state index contributed by atoms with van der Waals surface area (Å²) in [5, 5.41) is 9.42. The van der Waals surface area contributed by atoms with Crippen molar-refractivity contribution in [3.05, 3.63) is 41.0 Å². The zero-order chi connectivity index (χ0) is 14.3. The molecule has 1 spiro atoms. The van der Waals surface area contributed by atoms with E-state index in [9.17, 15) is 9.90 Å². The molecule has 0 atom stereocenters. The minimum Gasteiger partial charge on any atom is -0.478 e.